The number of carbonyl (C=O) groups excluding carboxylic acids is 3. The standard InChI is InChI=1S/C27H27N3O3/c1-19-14-15-22(17-23(19)28-26(32)21-11-6-3-7-12-21)27(33)29-24(20-9-4-2-5-10-20)18-30-16-8-13-25(30)31/h2-7,9-12,14-15,17,24H,8,13,16,18H2,1H3,(H,28,32)(H,29,33). The van der Waals surface area contributed by atoms with Crippen molar-refractivity contribution in [3.05, 3.63) is 101 Å². The molecule has 3 amide bonds. The van der Waals surface area contributed by atoms with E-state index in [-0.39, 0.29) is 23.8 Å². The van der Waals surface area contributed by atoms with Crippen molar-refractivity contribution in [3.63, 3.8) is 0 Å². The Morgan fingerprint density at radius 1 is 0.909 bits per heavy atom. The Kier molecular flexibility index (Phi) is 6.83. The zero-order valence-electron chi connectivity index (χ0n) is 18.6. The number of rotatable bonds is 7. The number of nitrogens with zero attached hydrogens (tertiary/aromatic N) is 1. The third-order valence-corrected chi connectivity index (χ3v) is 5.87. The summed E-state index contributed by atoms with van der Waals surface area (Å²) < 4.78 is 0. The van der Waals surface area contributed by atoms with Crippen molar-refractivity contribution in [1.82, 2.24) is 10.2 Å². The Hall–Kier alpha value is -3.93. The monoisotopic (exact) mass is 441 g/mol. The molecule has 168 valence electrons. The first-order chi connectivity index (χ1) is 16.0. The number of hydrogen-bond donors (Lipinski definition) is 2. The summed E-state index contributed by atoms with van der Waals surface area (Å²) in [6.07, 6.45) is 1.40. The molecular weight excluding hydrogens is 414 g/mol. The van der Waals surface area contributed by atoms with Gasteiger partial charge in [0.2, 0.25) is 5.91 Å². The van der Waals surface area contributed by atoms with Crippen molar-refractivity contribution in [2.45, 2.75) is 25.8 Å². The zero-order valence-corrected chi connectivity index (χ0v) is 18.6. The van der Waals surface area contributed by atoms with E-state index < -0.39 is 0 Å². The van der Waals surface area contributed by atoms with Crippen LogP contribution in [0.3, 0.4) is 0 Å². The maximum absolute atomic E-state index is 13.2. The fourth-order valence-electron chi connectivity index (χ4n) is 3.96. The van der Waals surface area contributed by atoms with Gasteiger partial charge in [-0.05, 0) is 48.7 Å². The molecule has 1 unspecified atom stereocenters. The highest BCUT2D eigenvalue weighted by molar-refractivity contribution is 6.05. The van der Waals surface area contributed by atoms with Crippen LogP contribution in [-0.4, -0.2) is 35.7 Å². The van der Waals surface area contributed by atoms with Crippen LogP contribution in [-0.2, 0) is 4.79 Å². The molecule has 0 aliphatic carbocycles. The van der Waals surface area contributed by atoms with Crippen molar-refractivity contribution in [3.8, 4) is 0 Å². The van der Waals surface area contributed by atoms with Crippen LogP contribution < -0.4 is 10.6 Å². The maximum atomic E-state index is 13.2. The highest BCUT2D eigenvalue weighted by Gasteiger charge is 2.25. The molecule has 1 aliphatic heterocycles. The lowest BCUT2D eigenvalue weighted by Crippen LogP contribution is -2.38. The molecular formula is C27H27N3O3. The third-order valence-electron chi connectivity index (χ3n) is 5.87. The van der Waals surface area contributed by atoms with Crippen LogP contribution in [0.1, 0.15) is 50.7 Å². The number of aryl methyl sites for hydroxylation is 1. The van der Waals surface area contributed by atoms with Gasteiger partial charge >= 0.3 is 0 Å². The lowest BCUT2D eigenvalue weighted by atomic mass is 10.0. The average Bonchev–Trinajstić information content (AvgIpc) is 3.25. The van der Waals surface area contributed by atoms with Gasteiger partial charge in [-0.3, -0.25) is 14.4 Å². The summed E-state index contributed by atoms with van der Waals surface area (Å²) in [5, 5.41) is 5.98. The largest absolute Gasteiger partial charge is 0.343 e. The quantitative estimate of drug-likeness (QED) is 0.573. The van der Waals surface area contributed by atoms with E-state index in [1.807, 2.05) is 49.4 Å². The predicted molar refractivity (Wildman–Crippen MR) is 128 cm³/mol. The molecule has 1 heterocycles. The molecule has 1 fully saturated rings. The van der Waals surface area contributed by atoms with E-state index in [1.165, 1.54) is 0 Å². The van der Waals surface area contributed by atoms with Gasteiger partial charge < -0.3 is 15.5 Å². The minimum Gasteiger partial charge on any atom is -0.343 e. The maximum Gasteiger partial charge on any atom is 0.255 e. The van der Waals surface area contributed by atoms with E-state index in [4.69, 9.17) is 0 Å². The first-order valence-corrected chi connectivity index (χ1v) is 11.1. The summed E-state index contributed by atoms with van der Waals surface area (Å²) >= 11 is 0. The van der Waals surface area contributed by atoms with Gasteiger partial charge in [-0.2, -0.15) is 0 Å². The first kappa shape index (κ1) is 22.3. The average molecular weight is 442 g/mol. The summed E-state index contributed by atoms with van der Waals surface area (Å²) in [4.78, 5) is 39.7. The Morgan fingerprint density at radius 3 is 2.27 bits per heavy atom. The number of amides is 3. The molecule has 1 aliphatic rings. The molecule has 2 N–H and O–H groups in total. The molecule has 3 aromatic rings. The van der Waals surface area contributed by atoms with Gasteiger partial charge in [0.05, 0.1) is 6.04 Å². The first-order valence-electron chi connectivity index (χ1n) is 11.1. The van der Waals surface area contributed by atoms with E-state index in [1.54, 1.807) is 41.3 Å². The molecule has 33 heavy (non-hydrogen) atoms. The van der Waals surface area contributed by atoms with Crippen LogP contribution in [0.4, 0.5) is 5.69 Å². The Labute approximate surface area is 193 Å². The van der Waals surface area contributed by atoms with Crippen LogP contribution in [0.15, 0.2) is 78.9 Å². The van der Waals surface area contributed by atoms with Crippen molar-refractivity contribution in [1.29, 1.82) is 0 Å². The molecule has 0 aromatic heterocycles. The summed E-state index contributed by atoms with van der Waals surface area (Å²) in [6, 6.07) is 23.5. The molecule has 0 radical (unpaired) electrons. The number of benzene rings is 3. The third kappa shape index (κ3) is 5.47. The van der Waals surface area contributed by atoms with E-state index >= 15 is 0 Å². The van der Waals surface area contributed by atoms with Crippen molar-refractivity contribution in [2.75, 3.05) is 18.4 Å². The van der Waals surface area contributed by atoms with Crippen molar-refractivity contribution >= 4 is 23.4 Å². The summed E-state index contributed by atoms with van der Waals surface area (Å²) in [6.45, 7) is 3.02. The molecule has 1 atom stereocenters. The van der Waals surface area contributed by atoms with E-state index in [0.717, 1.165) is 17.5 Å². The Balaban J connectivity index is 1.52. The topological polar surface area (TPSA) is 78.5 Å². The SMILES string of the molecule is Cc1ccc(C(=O)NC(CN2CCCC2=O)c2ccccc2)cc1NC(=O)c1ccccc1. The summed E-state index contributed by atoms with van der Waals surface area (Å²) in [5.41, 5.74) is 3.37. The predicted octanol–water partition coefficient (Wildman–Crippen LogP) is 4.34. The highest BCUT2D eigenvalue weighted by atomic mass is 16.2. The number of anilines is 1. The van der Waals surface area contributed by atoms with Gasteiger partial charge in [-0.25, -0.2) is 0 Å². The lowest BCUT2D eigenvalue weighted by molar-refractivity contribution is -0.128. The van der Waals surface area contributed by atoms with E-state index in [0.29, 0.717) is 36.3 Å². The van der Waals surface area contributed by atoms with Gasteiger partial charge in [0.1, 0.15) is 0 Å². The molecule has 0 spiro atoms. The van der Waals surface area contributed by atoms with Crippen LogP contribution in [0, 0.1) is 6.92 Å². The van der Waals surface area contributed by atoms with Gasteiger partial charge in [0.15, 0.2) is 0 Å². The van der Waals surface area contributed by atoms with Crippen molar-refractivity contribution < 1.29 is 14.4 Å². The smallest absolute Gasteiger partial charge is 0.255 e. The number of nitrogens with one attached hydrogen (secondary N) is 2. The van der Waals surface area contributed by atoms with E-state index in [9.17, 15) is 14.4 Å². The Bertz CT molecular complexity index is 1150. The fourth-order valence-corrected chi connectivity index (χ4v) is 3.96. The lowest BCUT2D eigenvalue weighted by Gasteiger charge is -2.25. The second kappa shape index (κ2) is 10.1. The molecule has 3 aromatic carbocycles. The number of likely N-dealkylation sites (tertiary alicyclic amines) is 1. The molecule has 6 heteroatoms. The van der Waals surface area contributed by atoms with E-state index in [2.05, 4.69) is 10.6 Å². The normalized spacial score (nSPS) is 14.1. The summed E-state index contributed by atoms with van der Waals surface area (Å²) in [5.74, 6) is -0.372. The van der Waals surface area contributed by atoms with Gasteiger partial charge in [-0.15, -0.1) is 0 Å². The van der Waals surface area contributed by atoms with Crippen LogP contribution in [0.2, 0.25) is 0 Å². The number of hydrogen-bond acceptors (Lipinski definition) is 3. The summed E-state index contributed by atoms with van der Waals surface area (Å²) in [7, 11) is 0. The number of carbonyl (C=O) groups is 3. The van der Waals surface area contributed by atoms with Crippen LogP contribution in [0.25, 0.3) is 0 Å². The minimum atomic E-state index is -0.329. The minimum absolute atomic E-state index is 0.117. The van der Waals surface area contributed by atoms with Gasteiger partial charge in [-0.1, -0.05) is 54.6 Å². The molecule has 4 rings (SSSR count). The second-order valence-corrected chi connectivity index (χ2v) is 8.23. The highest BCUT2D eigenvalue weighted by Crippen LogP contribution is 2.21. The second-order valence-electron chi connectivity index (χ2n) is 8.23. The van der Waals surface area contributed by atoms with Crippen LogP contribution >= 0.6 is 0 Å². The zero-order chi connectivity index (χ0) is 23.2. The Morgan fingerprint density at radius 2 is 1.61 bits per heavy atom. The van der Waals surface area contributed by atoms with Crippen molar-refractivity contribution in [2.24, 2.45) is 0 Å². The van der Waals surface area contributed by atoms with Crippen LogP contribution in [0.5, 0.6) is 0 Å². The van der Waals surface area contributed by atoms with Gasteiger partial charge in [0, 0.05) is 36.3 Å². The molecule has 1 saturated heterocycles. The van der Waals surface area contributed by atoms with Gasteiger partial charge in [0.25, 0.3) is 11.8 Å². The fraction of sp³-hybridized carbons (Fsp3) is 0.222. The molecule has 0 bridgehead atoms. The molecule has 0 saturated carbocycles. The molecule has 6 nitrogen and oxygen atoms in total.